The van der Waals surface area contributed by atoms with Gasteiger partial charge in [0, 0.05) is 18.4 Å². The number of aryl methyl sites for hydroxylation is 3. The Kier molecular flexibility index (Phi) is 3.51. The molecule has 3 rings (SSSR count). The number of hydrogen-bond acceptors (Lipinski definition) is 4. The summed E-state index contributed by atoms with van der Waals surface area (Å²) in [5.74, 6) is 0. The predicted molar refractivity (Wildman–Crippen MR) is 80.2 cm³/mol. The molecule has 0 atom stereocenters. The van der Waals surface area contributed by atoms with Crippen LogP contribution in [0.4, 0.5) is 0 Å². The minimum atomic E-state index is -0.0111. The van der Waals surface area contributed by atoms with Crippen LogP contribution in [0.2, 0.25) is 0 Å². The Balaban J connectivity index is 1.77. The van der Waals surface area contributed by atoms with Crippen molar-refractivity contribution in [2.45, 2.75) is 33.2 Å². The fraction of sp³-hybridized carbons (Fsp3) is 0.333. The molecule has 0 aliphatic rings. The van der Waals surface area contributed by atoms with Gasteiger partial charge in [-0.3, -0.25) is 19.4 Å². The average molecular weight is 283 g/mol. The number of nitrogens with zero attached hydrogens (tertiary/aromatic N) is 4. The molecule has 1 N–H and O–H groups in total. The van der Waals surface area contributed by atoms with Crippen LogP contribution < -0.4 is 5.56 Å². The van der Waals surface area contributed by atoms with E-state index in [1.807, 2.05) is 13.8 Å². The lowest BCUT2D eigenvalue weighted by molar-refractivity contribution is 0.615. The number of nitrogens with one attached hydrogen (secondary N) is 1. The molecule has 0 aromatic carbocycles. The van der Waals surface area contributed by atoms with Gasteiger partial charge in [0.1, 0.15) is 0 Å². The first kappa shape index (κ1) is 13.5. The topological polar surface area (TPSA) is 76.5 Å². The lowest BCUT2D eigenvalue weighted by atomic mass is 10.1. The lowest BCUT2D eigenvalue weighted by Crippen LogP contribution is -2.21. The maximum Gasteiger partial charge on any atom is 0.261 e. The first-order chi connectivity index (χ1) is 10.2. The fourth-order valence-electron chi connectivity index (χ4n) is 2.54. The molecule has 0 saturated heterocycles. The molecule has 0 saturated carbocycles. The molecule has 0 radical (unpaired) electrons. The molecule has 3 heterocycles. The van der Waals surface area contributed by atoms with Gasteiger partial charge < -0.3 is 0 Å². The second kappa shape index (κ2) is 5.47. The van der Waals surface area contributed by atoms with Crippen molar-refractivity contribution in [1.82, 2.24) is 24.7 Å². The number of aromatic nitrogens is 5. The van der Waals surface area contributed by atoms with Gasteiger partial charge in [-0.15, -0.1) is 0 Å². The van der Waals surface area contributed by atoms with Crippen molar-refractivity contribution in [3.8, 4) is 0 Å². The third-order valence-electron chi connectivity index (χ3n) is 3.73. The van der Waals surface area contributed by atoms with Crippen LogP contribution in [0.1, 0.15) is 23.4 Å². The van der Waals surface area contributed by atoms with E-state index < -0.39 is 0 Å². The van der Waals surface area contributed by atoms with Crippen LogP contribution in [0.3, 0.4) is 0 Å². The third kappa shape index (κ3) is 2.56. The standard InChI is InChI=1S/C15H17N5O/c1-10-12(11(2)19-18-10)4-3-7-20-9-17-14-8-16-6-5-13(14)15(20)21/h5-6,8-9H,3-4,7H2,1-2H3,(H,18,19). The predicted octanol–water partition coefficient (Wildman–Crippen LogP) is 1.76. The zero-order valence-electron chi connectivity index (χ0n) is 12.1. The molecule has 0 spiro atoms. The van der Waals surface area contributed by atoms with Crippen LogP contribution in [-0.4, -0.2) is 24.7 Å². The van der Waals surface area contributed by atoms with E-state index in [4.69, 9.17) is 0 Å². The maximum absolute atomic E-state index is 12.3. The van der Waals surface area contributed by atoms with Crippen LogP contribution in [-0.2, 0) is 13.0 Å². The monoisotopic (exact) mass is 283 g/mol. The number of H-pyrrole nitrogens is 1. The maximum atomic E-state index is 12.3. The van der Waals surface area contributed by atoms with E-state index in [1.54, 1.807) is 29.4 Å². The van der Waals surface area contributed by atoms with Crippen molar-refractivity contribution < 1.29 is 0 Å². The van der Waals surface area contributed by atoms with Crippen molar-refractivity contribution >= 4 is 10.9 Å². The van der Waals surface area contributed by atoms with Crippen molar-refractivity contribution in [3.63, 3.8) is 0 Å². The van der Waals surface area contributed by atoms with Gasteiger partial charge in [0.25, 0.3) is 5.56 Å². The zero-order valence-corrected chi connectivity index (χ0v) is 12.1. The molecule has 0 unspecified atom stereocenters. The molecule has 3 aromatic heterocycles. The van der Waals surface area contributed by atoms with E-state index in [9.17, 15) is 4.79 Å². The van der Waals surface area contributed by atoms with Crippen LogP contribution in [0.25, 0.3) is 10.9 Å². The zero-order chi connectivity index (χ0) is 14.8. The Morgan fingerprint density at radius 2 is 2.19 bits per heavy atom. The summed E-state index contributed by atoms with van der Waals surface area (Å²) in [7, 11) is 0. The Labute approximate surface area is 121 Å². The van der Waals surface area contributed by atoms with Crippen LogP contribution in [0.15, 0.2) is 29.6 Å². The Hall–Kier alpha value is -2.50. The summed E-state index contributed by atoms with van der Waals surface area (Å²) in [5, 5.41) is 7.78. The highest BCUT2D eigenvalue weighted by Gasteiger charge is 2.07. The van der Waals surface area contributed by atoms with Gasteiger partial charge in [-0.2, -0.15) is 5.10 Å². The molecule has 0 aliphatic heterocycles. The number of pyridine rings is 1. The summed E-state index contributed by atoms with van der Waals surface area (Å²) < 4.78 is 1.66. The summed E-state index contributed by atoms with van der Waals surface area (Å²) in [5.41, 5.74) is 3.99. The second-order valence-electron chi connectivity index (χ2n) is 5.15. The Morgan fingerprint density at radius 3 is 2.95 bits per heavy atom. The molecule has 0 bridgehead atoms. The molecule has 3 aromatic rings. The van der Waals surface area contributed by atoms with Gasteiger partial charge in [-0.25, -0.2) is 4.98 Å². The SMILES string of the molecule is Cc1n[nH]c(C)c1CCCn1cnc2cnccc2c1=O. The summed E-state index contributed by atoms with van der Waals surface area (Å²) in [6.07, 6.45) is 6.60. The highest BCUT2D eigenvalue weighted by atomic mass is 16.1. The molecule has 6 nitrogen and oxygen atoms in total. The minimum Gasteiger partial charge on any atom is -0.299 e. The Bertz CT molecular complexity index is 814. The van der Waals surface area contributed by atoms with Crippen LogP contribution in [0, 0.1) is 13.8 Å². The average Bonchev–Trinajstić information content (AvgIpc) is 2.81. The summed E-state index contributed by atoms with van der Waals surface area (Å²) in [4.78, 5) is 20.6. The first-order valence-electron chi connectivity index (χ1n) is 6.96. The summed E-state index contributed by atoms with van der Waals surface area (Å²) >= 11 is 0. The van der Waals surface area contributed by atoms with E-state index in [0.717, 1.165) is 24.2 Å². The van der Waals surface area contributed by atoms with Gasteiger partial charge >= 0.3 is 0 Å². The molecule has 108 valence electrons. The molecular formula is C15H17N5O. The van der Waals surface area contributed by atoms with Crippen molar-refractivity contribution in [2.24, 2.45) is 0 Å². The normalized spacial score (nSPS) is 11.1. The van der Waals surface area contributed by atoms with Gasteiger partial charge in [-0.1, -0.05) is 0 Å². The quantitative estimate of drug-likeness (QED) is 0.791. The highest BCUT2D eigenvalue weighted by molar-refractivity contribution is 5.75. The molecule has 21 heavy (non-hydrogen) atoms. The van der Waals surface area contributed by atoms with Crippen LogP contribution >= 0.6 is 0 Å². The molecule has 0 fully saturated rings. The van der Waals surface area contributed by atoms with Gasteiger partial charge in [0.05, 0.1) is 29.1 Å². The smallest absolute Gasteiger partial charge is 0.261 e. The highest BCUT2D eigenvalue weighted by Crippen LogP contribution is 2.12. The largest absolute Gasteiger partial charge is 0.299 e. The molecular weight excluding hydrogens is 266 g/mol. The second-order valence-corrected chi connectivity index (χ2v) is 5.15. The van der Waals surface area contributed by atoms with Crippen LogP contribution in [0.5, 0.6) is 0 Å². The number of rotatable bonds is 4. The van der Waals surface area contributed by atoms with Gasteiger partial charge in [-0.05, 0) is 38.3 Å². The van der Waals surface area contributed by atoms with E-state index in [1.165, 1.54) is 5.56 Å². The fourth-order valence-corrected chi connectivity index (χ4v) is 2.54. The van der Waals surface area contributed by atoms with Gasteiger partial charge in [0.2, 0.25) is 0 Å². The summed E-state index contributed by atoms with van der Waals surface area (Å²) in [6, 6.07) is 1.71. The van der Waals surface area contributed by atoms with E-state index >= 15 is 0 Å². The molecule has 6 heteroatoms. The van der Waals surface area contributed by atoms with E-state index in [-0.39, 0.29) is 5.56 Å². The minimum absolute atomic E-state index is 0.0111. The summed E-state index contributed by atoms with van der Waals surface area (Å²) in [6.45, 7) is 4.66. The van der Waals surface area contributed by atoms with Gasteiger partial charge in [0.15, 0.2) is 0 Å². The van der Waals surface area contributed by atoms with Crippen molar-refractivity contribution in [1.29, 1.82) is 0 Å². The van der Waals surface area contributed by atoms with E-state index in [2.05, 4.69) is 20.2 Å². The lowest BCUT2D eigenvalue weighted by Gasteiger charge is -2.06. The molecule has 0 amide bonds. The number of fused-ring (bicyclic) bond motifs is 1. The first-order valence-corrected chi connectivity index (χ1v) is 6.96. The molecule has 0 aliphatic carbocycles. The number of hydrogen-bond donors (Lipinski definition) is 1. The van der Waals surface area contributed by atoms with Crippen molar-refractivity contribution in [2.75, 3.05) is 0 Å². The third-order valence-corrected chi connectivity index (χ3v) is 3.73. The van der Waals surface area contributed by atoms with Crippen molar-refractivity contribution in [3.05, 3.63) is 52.1 Å². The Morgan fingerprint density at radius 1 is 1.33 bits per heavy atom. The van der Waals surface area contributed by atoms with E-state index in [0.29, 0.717) is 17.4 Å². The number of aromatic amines is 1.